The largest absolute Gasteiger partial charge is 0.363 e. The molecule has 0 saturated heterocycles. The van der Waals surface area contributed by atoms with Gasteiger partial charge in [-0.05, 0) is 0 Å². The van der Waals surface area contributed by atoms with Gasteiger partial charge in [0.15, 0.2) is 5.82 Å². The molecular formula is C7H7N5O. The average molecular weight is 177 g/mol. The van der Waals surface area contributed by atoms with E-state index in [9.17, 15) is 4.79 Å². The van der Waals surface area contributed by atoms with Crippen LogP contribution in [-0.4, -0.2) is 26.1 Å². The van der Waals surface area contributed by atoms with Gasteiger partial charge in [-0.1, -0.05) is 0 Å². The van der Waals surface area contributed by atoms with E-state index < -0.39 is 5.91 Å². The van der Waals surface area contributed by atoms with Crippen LogP contribution in [0.4, 0.5) is 0 Å². The van der Waals surface area contributed by atoms with E-state index in [1.807, 2.05) is 0 Å². The molecule has 2 aromatic rings. The minimum Gasteiger partial charge on any atom is -0.363 e. The molecule has 0 radical (unpaired) electrons. The molecule has 2 rings (SSSR count). The maximum absolute atomic E-state index is 10.7. The number of primary amides is 1. The summed E-state index contributed by atoms with van der Waals surface area (Å²) in [7, 11) is 0. The number of nitrogens with zero attached hydrogens (tertiary/aromatic N) is 2. The summed E-state index contributed by atoms with van der Waals surface area (Å²) >= 11 is 0. The smallest absolute Gasteiger partial charge is 0.284 e. The van der Waals surface area contributed by atoms with Gasteiger partial charge < -0.3 is 10.7 Å². The molecule has 2 aromatic heterocycles. The number of rotatable bonds is 2. The van der Waals surface area contributed by atoms with Crippen LogP contribution in [0.5, 0.6) is 0 Å². The van der Waals surface area contributed by atoms with Gasteiger partial charge in [-0.3, -0.25) is 9.89 Å². The van der Waals surface area contributed by atoms with E-state index in [2.05, 4.69) is 20.2 Å². The molecule has 2 heterocycles. The van der Waals surface area contributed by atoms with Crippen molar-refractivity contribution in [2.24, 2.45) is 5.73 Å². The topological polar surface area (TPSA) is 100 Å². The van der Waals surface area contributed by atoms with Gasteiger partial charge in [0, 0.05) is 11.8 Å². The minimum atomic E-state index is -0.574. The van der Waals surface area contributed by atoms with Crippen molar-refractivity contribution >= 4 is 5.91 Å². The summed E-state index contributed by atoms with van der Waals surface area (Å²) < 4.78 is 0. The predicted octanol–water partition coefficient (Wildman–Crippen LogP) is -0.101. The van der Waals surface area contributed by atoms with Crippen molar-refractivity contribution in [3.8, 4) is 11.3 Å². The minimum absolute atomic E-state index is 0.149. The molecule has 6 heteroatoms. The summed E-state index contributed by atoms with van der Waals surface area (Å²) in [6.07, 6.45) is 4.85. The highest BCUT2D eigenvalue weighted by atomic mass is 16.1. The Morgan fingerprint density at radius 3 is 2.85 bits per heavy atom. The first-order valence-electron chi connectivity index (χ1n) is 3.61. The molecule has 1 amide bonds. The van der Waals surface area contributed by atoms with Crippen molar-refractivity contribution in [1.82, 2.24) is 20.2 Å². The van der Waals surface area contributed by atoms with Crippen LogP contribution < -0.4 is 5.73 Å². The summed E-state index contributed by atoms with van der Waals surface area (Å²) in [5, 5.41) is 6.42. The summed E-state index contributed by atoms with van der Waals surface area (Å²) in [5.74, 6) is -0.425. The molecule has 6 nitrogen and oxygen atoms in total. The molecule has 0 spiro atoms. The van der Waals surface area contributed by atoms with Crippen molar-refractivity contribution in [1.29, 1.82) is 0 Å². The highest BCUT2D eigenvalue weighted by Gasteiger charge is 2.07. The molecule has 0 aliphatic rings. The number of hydrogen-bond acceptors (Lipinski definition) is 3. The summed E-state index contributed by atoms with van der Waals surface area (Å²) in [6.45, 7) is 0. The Labute approximate surface area is 73.2 Å². The Hall–Kier alpha value is -2.11. The van der Waals surface area contributed by atoms with Gasteiger partial charge in [-0.2, -0.15) is 5.10 Å². The van der Waals surface area contributed by atoms with Gasteiger partial charge in [0.1, 0.15) is 0 Å². The monoisotopic (exact) mass is 177 g/mol. The number of amides is 1. The number of aromatic amines is 2. The van der Waals surface area contributed by atoms with Crippen molar-refractivity contribution in [2.45, 2.75) is 0 Å². The van der Waals surface area contributed by atoms with Crippen molar-refractivity contribution in [2.75, 3.05) is 0 Å². The second kappa shape index (κ2) is 2.74. The third-order valence-electron chi connectivity index (χ3n) is 1.62. The van der Waals surface area contributed by atoms with E-state index in [0.29, 0.717) is 5.69 Å². The van der Waals surface area contributed by atoms with E-state index in [1.165, 1.54) is 6.20 Å². The van der Waals surface area contributed by atoms with Crippen molar-refractivity contribution < 1.29 is 4.79 Å². The lowest BCUT2D eigenvalue weighted by atomic mass is 10.3. The van der Waals surface area contributed by atoms with Crippen LogP contribution in [0.3, 0.4) is 0 Å². The number of imidazole rings is 1. The first kappa shape index (κ1) is 7.53. The summed E-state index contributed by atoms with van der Waals surface area (Å²) in [4.78, 5) is 17.3. The van der Waals surface area contributed by atoms with E-state index in [0.717, 1.165) is 5.56 Å². The third-order valence-corrected chi connectivity index (χ3v) is 1.62. The normalized spacial score (nSPS) is 10.2. The Balaban J connectivity index is 2.39. The number of hydrogen-bond donors (Lipinski definition) is 3. The Bertz CT molecular complexity index is 416. The average Bonchev–Trinajstić information content (AvgIpc) is 2.75. The number of carbonyl (C=O) groups is 1. The zero-order valence-corrected chi connectivity index (χ0v) is 6.61. The summed E-state index contributed by atoms with van der Waals surface area (Å²) in [6, 6.07) is 0. The molecule has 0 aliphatic heterocycles. The van der Waals surface area contributed by atoms with E-state index in [4.69, 9.17) is 5.73 Å². The first-order chi connectivity index (χ1) is 6.27. The van der Waals surface area contributed by atoms with Crippen LogP contribution in [0.25, 0.3) is 11.3 Å². The van der Waals surface area contributed by atoms with E-state index >= 15 is 0 Å². The van der Waals surface area contributed by atoms with Gasteiger partial charge in [0.2, 0.25) is 0 Å². The van der Waals surface area contributed by atoms with Crippen LogP contribution in [0.15, 0.2) is 18.6 Å². The van der Waals surface area contributed by atoms with Crippen LogP contribution in [-0.2, 0) is 0 Å². The Morgan fingerprint density at radius 2 is 2.31 bits per heavy atom. The van der Waals surface area contributed by atoms with Gasteiger partial charge in [0.05, 0.1) is 18.1 Å². The third kappa shape index (κ3) is 1.28. The van der Waals surface area contributed by atoms with Crippen LogP contribution >= 0.6 is 0 Å². The Kier molecular flexibility index (Phi) is 1.59. The quantitative estimate of drug-likeness (QED) is 0.597. The lowest BCUT2D eigenvalue weighted by Gasteiger charge is -1.87. The highest BCUT2D eigenvalue weighted by Crippen LogP contribution is 2.13. The fourth-order valence-corrected chi connectivity index (χ4v) is 0.991. The van der Waals surface area contributed by atoms with Crippen molar-refractivity contribution in [3.05, 3.63) is 24.4 Å². The molecular weight excluding hydrogens is 170 g/mol. The zero-order chi connectivity index (χ0) is 9.26. The maximum atomic E-state index is 10.7. The Morgan fingerprint density at radius 1 is 1.46 bits per heavy atom. The molecule has 0 unspecified atom stereocenters. The lowest BCUT2D eigenvalue weighted by Crippen LogP contribution is -2.12. The van der Waals surface area contributed by atoms with Crippen LogP contribution in [0.2, 0.25) is 0 Å². The SMILES string of the molecule is NC(=O)c1ncc(-c2cn[nH]c2)[nH]1. The second-order valence-electron chi connectivity index (χ2n) is 2.50. The van der Waals surface area contributed by atoms with Gasteiger partial charge in [-0.15, -0.1) is 0 Å². The van der Waals surface area contributed by atoms with Gasteiger partial charge >= 0.3 is 0 Å². The number of aromatic nitrogens is 4. The molecule has 4 N–H and O–H groups in total. The molecule has 13 heavy (non-hydrogen) atoms. The molecule has 0 atom stereocenters. The first-order valence-corrected chi connectivity index (χ1v) is 3.61. The van der Waals surface area contributed by atoms with Gasteiger partial charge in [0.25, 0.3) is 5.91 Å². The standard InChI is InChI=1S/C7H7N5O/c8-6(13)7-9-3-5(12-7)4-1-10-11-2-4/h1-3H,(H2,8,13)(H,9,12)(H,10,11). The van der Waals surface area contributed by atoms with E-state index in [1.54, 1.807) is 12.4 Å². The van der Waals surface area contributed by atoms with Crippen molar-refractivity contribution in [3.63, 3.8) is 0 Å². The molecule has 0 aliphatic carbocycles. The number of nitrogens with two attached hydrogens (primary N) is 1. The summed E-state index contributed by atoms with van der Waals surface area (Å²) in [5.41, 5.74) is 6.57. The van der Waals surface area contributed by atoms with Crippen LogP contribution in [0.1, 0.15) is 10.6 Å². The number of H-pyrrole nitrogens is 2. The highest BCUT2D eigenvalue weighted by molar-refractivity contribution is 5.89. The van der Waals surface area contributed by atoms with Crippen LogP contribution in [0, 0.1) is 0 Å². The number of nitrogens with one attached hydrogen (secondary N) is 2. The predicted molar refractivity (Wildman–Crippen MR) is 44.7 cm³/mol. The van der Waals surface area contributed by atoms with Gasteiger partial charge in [-0.25, -0.2) is 4.98 Å². The molecule has 0 fully saturated rings. The molecule has 0 bridgehead atoms. The molecule has 66 valence electrons. The second-order valence-corrected chi connectivity index (χ2v) is 2.50. The maximum Gasteiger partial charge on any atom is 0.284 e. The lowest BCUT2D eigenvalue weighted by molar-refractivity contribution is 0.0991. The van der Waals surface area contributed by atoms with E-state index in [-0.39, 0.29) is 5.82 Å². The fourth-order valence-electron chi connectivity index (χ4n) is 0.991. The molecule has 0 aromatic carbocycles. The molecule has 0 saturated carbocycles. The fraction of sp³-hybridized carbons (Fsp3) is 0. The zero-order valence-electron chi connectivity index (χ0n) is 6.61. The number of carbonyl (C=O) groups excluding carboxylic acids is 1.